The lowest BCUT2D eigenvalue weighted by Crippen LogP contribution is -2.17. The second-order valence-corrected chi connectivity index (χ2v) is 6.97. The Hall–Kier alpha value is -4.03. The number of nitrogens with one attached hydrogen (secondary N) is 1. The summed E-state index contributed by atoms with van der Waals surface area (Å²) in [5.41, 5.74) is 3.84. The predicted molar refractivity (Wildman–Crippen MR) is 120 cm³/mol. The minimum absolute atomic E-state index is 0.320. The molecule has 1 N–H and O–H groups in total. The smallest absolute Gasteiger partial charge is 0.343 e. The third-order valence-corrected chi connectivity index (χ3v) is 4.77. The van der Waals surface area contributed by atoms with Crippen LogP contribution in [0.25, 0.3) is 10.8 Å². The molecule has 1 aromatic heterocycles. The Morgan fingerprint density at radius 1 is 0.903 bits per heavy atom. The fourth-order valence-corrected chi connectivity index (χ4v) is 3.09. The SMILES string of the molecule is O=C(N/N=C/c1c(OC(=O)c2ccc(Cl)cc2)ccc2ccccc12)c1ccncc1. The van der Waals surface area contributed by atoms with Crippen molar-refractivity contribution < 1.29 is 14.3 Å². The number of amides is 1. The Bertz CT molecular complexity index is 1270. The molecule has 0 radical (unpaired) electrons. The van der Waals surface area contributed by atoms with Crippen molar-refractivity contribution >= 4 is 40.5 Å². The zero-order valence-corrected chi connectivity index (χ0v) is 16.9. The Balaban J connectivity index is 1.63. The summed E-state index contributed by atoms with van der Waals surface area (Å²) in [5, 5.41) is 6.36. The molecule has 0 saturated carbocycles. The molecule has 0 aliphatic heterocycles. The summed E-state index contributed by atoms with van der Waals surface area (Å²) in [6.07, 6.45) is 4.52. The van der Waals surface area contributed by atoms with E-state index in [1.165, 1.54) is 18.6 Å². The third-order valence-electron chi connectivity index (χ3n) is 4.52. The third kappa shape index (κ3) is 4.76. The molecule has 4 aromatic rings. The fraction of sp³-hybridized carbons (Fsp3) is 0. The first kappa shape index (κ1) is 20.3. The van der Waals surface area contributed by atoms with Gasteiger partial charge in [-0.2, -0.15) is 5.10 Å². The number of hydrazone groups is 1. The average molecular weight is 430 g/mol. The summed E-state index contributed by atoms with van der Waals surface area (Å²) in [7, 11) is 0. The van der Waals surface area contributed by atoms with Crippen LogP contribution in [0.1, 0.15) is 26.3 Å². The van der Waals surface area contributed by atoms with Gasteiger partial charge in [0.1, 0.15) is 5.75 Å². The molecular formula is C24H16ClN3O3. The molecule has 0 bridgehead atoms. The van der Waals surface area contributed by atoms with Crippen molar-refractivity contribution in [2.45, 2.75) is 0 Å². The number of hydrogen-bond donors (Lipinski definition) is 1. The Morgan fingerprint density at radius 3 is 2.42 bits per heavy atom. The lowest BCUT2D eigenvalue weighted by molar-refractivity contribution is 0.0734. The molecule has 3 aromatic carbocycles. The Kier molecular flexibility index (Phi) is 6.01. The van der Waals surface area contributed by atoms with Gasteiger partial charge in [-0.15, -0.1) is 0 Å². The molecule has 0 spiro atoms. The average Bonchev–Trinajstić information content (AvgIpc) is 2.81. The number of carbonyl (C=O) groups is 2. The molecule has 1 heterocycles. The summed E-state index contributed by atoms with van der Waals surface area (Å²) < 4.78 is 5.63. The van der Waals surface area contributed by atoms with E-state index < -0.39 is 5.97 Å². The Labute approximate surface area is 183 Å². The maximum Gasteiger partial charge on any atom is 0.343 e. The van der Waals surface area contributed by atoms with Crippen LogP contribution in [0.5, 0.6) is 5.75 Å². The van der Waals surface area contributed by atoms with Gasteiger partial charge in [0.05, 0.1) is 11.8 Å². The fourth-order valence-electron chi connectivity index (χ4n) is 2.97. The van der Waals surface area contributed by atoms with E-state index in [4.69, 9.17) is 16.3 Å². The highest BCUT2D eigenvalue weighted by atomic mass is 35.5. The van der Waals surface area contributed by atoms with Crippen LogP contribution in [0.3, 0.4) is 0 Å². The molecule has 0 unspecified atom stereocenters. The van der Waals surface area contributed by atoms with Crippen molar-refractivity contribution in [2.75, 3.05) is 0 Å². The maximum atomic E-state index is 12.6. The van der Waals surface area contributed by atoms with E-state index in [1.54, 1.807) is 42.5 Å². The minimum Gasteiger partial charge on any atom is -0.422 e. The van der Waals surface area contributed by atoms with E-state index in [0.29, 0.717) is 27.5 Å². The van der Waals surface area contributed by atoms with Crippen molar-refractivity contribution in [2.24, 2.45) is 5.10 Å². The summed E-state index contributed by atoms with van der Waals surface area (Å²) in [6, 6.07) is 20.8. The minimum atomic E-state index is -0.526. The number of hydrogen-bond acceptors (Lipinski definition) is 5. The van der Waals surface area contributed by atoms with E-state index in [2.05, 4.69) is 15.5 Å². The summed E-state index contributed by atoms with van der Waals surface area (Å²) in [5.74, 6) is -0.582. The number of aromatic nitrogens is 1. The van der Waals surface area contributed by atoms with Gasteiger partial charge in [0.25, 0.3) is 5.91 Å². The van der Waals surface area contributed by atoms with Crippen LogP contribution in [0.15, 0.2) is 90.3 Å². The van der Waals surface area contributed by atoms with E-state index in [0.717, 1.165) is 10.8 Å². The van der Waals surface area contributed by atoms with Gasteiger partial charge in [0, 0.05) is 28.5 Å². The molecule has 7 heteroatoms. The number of esters is 1. The molecule has 1 amide bonds. The van der Waals surface area contributed by atoms with Crippen LogP contribution in [0.2, 0.25) is 5.02 Å². The second-order valence-electron chi connectivity index (χ2n) is 6.53. The number of carbonyl (C=O) groups excluding carboxylic acids is 2. The number of nitrogens with zero attached hydrogens (tertiary/aromatic N) is 2. The number of halogens is 1. The Morgan fingerprint density at radius 2 is 1.65 bits per heavy atom. The molecular weight excluding hydrogens is 414 g/mol. The van der Waals surface area contributed by atoms with Crippen molar-refractivity contribution in [3.05, 3.63) is 107 Å². The molecule has 0 aliphatic carbocycles. The monoisotopic (exact) mass is 429 g/mol. The van der Waals surface area contributed by atoms with Crippen LogP contribution in [-0.2, 0) is 0 Å². The first-order chi connectivity index (χ1) is 15.1. The van der Waals surface area contributed by atoms with Gasteiger partial charge in [-0.25, -0.2) is 10.2 Å². The zero-order chi connectivity index (χ0) is 21.6. The highest BCUT2D eigenvalue weighted by Crippen LogP contribution is 2.27. The predicted octanol–water partition coefficient (Wildman–Crippen LogP) is 4.87. The van der Waals surface area contributed by atoms with Crippen LogP contribution in [0, 0.1) is 0 Å². The van der Waals surface area contributed by atoms with E-state index in [1.807, 2.05) is 30.3 Å². The largest absolute Gasteiger partial charge is 0.422 e. The van der Waals surface area contributed by atoms with Gasteiger partial charge in [0.2, 0.25) is 0 Å². The normalized spacial score (nSPS) is 10.9. The molecule has 4 rings (SSSR count). The zero-order valence-electron chi connectivity index (χ0n) is 16.2. The molecule has 0 saturated heterocycles. The quantitative estimate of drug-likeness (QED) is 0.212. The molecule has 152 valence electrons. The lowest BCUT2D eigenvalue weighted by atomic mass is 10.0. The number of benzene rings is 3. The van der Waals surface area contributed by atoms with E-state index in [9.17, 15) is 9.59 Å². The molecule has 0 aliphatic rings. The number of fused-ring (bicyclic) bond motifs is 1. The molecule has 6 nitrogen and oxygen atoms in total. The number of pyridine rings is 1. The highest BCUT2D eigenvalue weighted by Gasteiger charge is 2.14. The summed E-state index contributed by atoms with van der Waals surface area (Å²) in [6.45, 7) is 0. The van der Waals surface area contributed by atoms with Crippen molar-refractivity contribution in [3.63, 3.8) is 0 Å². The van der Waals surface area contributed by atoms with Crippen molar-refractivity contribution in [1.82, 2.24) is 10.4 Å². The van der Waals surface area contributed by atoms with Gasteiger partial charge >= 0.3 is 5.97 Å². The highest BCUT2D eigenvalue weighted by molar-refractivity contribution is 6.30. The topological polar surface area (TPSA) is 80.6 Å². The van der Waals surface area contributed by atoms with Gasteiger partial charge in [-0.3, -0.25) is 9.78 Å². The van der Waals surface area contributed by atoms with Crippen molar-refractivity contribution in [3.8, 4) is 5.75 Å². The van der Waals surface area contributed by atoms with E-state index in [-0.39, 0.29) is 5.91 Å². The van der Waals surface area contributed by atoms with Gasteiger partial charge in [-0.1, -0.05) is 41.9 Å². The molecule has 0 atom stereocenters. The first-order valence-corrected chi connectivity index (χ1v) is 9.72. The van der Waals surface area contributed by atoms with Gasteiger partial charge in [-0.05, 0) is 53.2 Å². The number of ether oxygens (including phenoxy) is 1. The standard InChI is InChI=1S/C24H16ClN3O3/c25-19-8-5-18(6-9-19)24(30)31-22-10-7-16-3-1-2-4-20(16)21(22)15-27-28-23(29)17-11-13-26-14-12-17/h1-15H,(H,28,29)/b27-15+. The second kappa shape index (κ2) is 9.19. The first-order valence-electron chi connectivity index (χ1n) is 9.35. The maximum absolute atomic E-state index is 12.6. The lowest BCUT2D eigenvalue weighted by Gasteiger charge is -2.10. The van der Waals surface area contributed by atoms with E-state index >= 15 is 0 Å². The van der Waals surface area contributed by atoms with Crippen LogP contribution in [-0.4, -0.2) is 23.1 Å². The van der Waals surface area contributed by atoms with Crippen LogP contribution >= 0.6 is 11.6 Å². The van der Waals surface area contributed by atoms with Crippen LogP contribution in [0.4, 0.5) is 0 Å². The van der Waals surface area contributed by atoms with Gasteiger partial charge in [0.15, 0.2) is 0 Å². The molecule has 31 heavy (non-hydrogen) atoms. The van der Waals surface area contributed by atoms with Crippen LogP contribution < -0.4 is 10.2 Å². The molecule has 0 fully saturated rings. The van der Waals surface area contributed by atoms with Crippen molar-refractivity contribution in [1.29, 1.82) is 0 Å². The summed E-state index contributed by atoms with van der Waals surface area (Å²) >= 11 is 5.89. The van der Waals surface area contributed by atoms with Gasteiger partial charge < -0.3 is 4.74 Å². The summed E-state index contributed by atoms with van der Waals surface area (Å²) in [4.78, 5) is 28.7. The number of rotatable bonds is 5.